The van der Waals surface area contributed by atoms with E-state index in [1.165, 1.54) is 0 Å². The molecule has 0 aliphatic carbocycles. The van der Waals surface area contributed by atoms with Crippen LogP contribution in [0.3, 0.4) is 0 Å². The molecule has 0 radical (unpaired) electrons. The van der Waals surface area contributed by atoms with Crippen LogP contribution in [0.5, 0.6) is 0 Å². The molecule has 0 saturated heterocycles. The largest absolute Gasteiger partial charge is 0.289 e. The zero-order valence-corrected chi connectivity index (χ0v) is 11.9. The molecule has 100 valence electrons. The van der Waals surface area contributed by atoms with Crippen molar-refractivity contribution in [3.05, 3.63) is 82.9 Å². The van der Waals surface area contributed by atoms with Gasteiger partial charge in [-0.3, -0.25) is 4.79 Å². The molecule has 0 spiro atoms. The zero-order chi connectivity index (χ0) is 14.7. The third-order valence-corrected chi connectivity index (χ3v) is 3.34. The number of rotatable bonds is 4. The van der Waals surface area contributed by atoms with E-state index in [2.05, 4.69) is 13.2 Å². The van der Waals surface area contributed by atoms with Crippen molar-refractivity contribution in [2.75, 3.05) is 0 Å². The molecule has 2 aromatic rings. The van der Waals surface area contributed by atoms with Crippen LogP contribution < -0.4 is 0 Å². The van der Waals surface area contributed by atoms with Crippen molar-refractivity contribution < 1.29 is 4.79 Å². The highest BCUT2D eigenvalue weighted by Crippen LogP contribution is 2.21. The van der Waals surface area contributed by atoms with Gasteiger partial charge in [0.2, 0.25) is 0 Å². The SMILES string of the molecule is C=Cc1cc(C)ccc1C(=O)c1ccc(C)cc1C=C. The first-order valence-corrected chi connectivity index (χ1v) is 6.57. The van der Waals surface area contributed by atoms with Gasteiger partial charge in [0.05, 0.1) is 0 Å². The van der Waals surface area contributed by atoms with Crippen molar-refractivity contribution in [1.82, 2.24) is 0 Å². The molecule has 1 heteroatoms. The van der Waals surface area contributed by atoms with E-state index in [4.69, 9.17) is 0 Å². The van der Waals surface area contributed by atoms with E-state index in [0.717, 1.165) is 22.3 Å². The molecule has 0 unspecified atom stereocenters. The molecule has 0 saturated carbocycles. The van der Waals surface area contributed by atoms with Crippen molar-refractivity contribution in [2.24, 2.45) is 0 Å². The van der Waals surface area contributed by atoms with E-state index < -0.39 is 0 Å². The second-order valence-corrected chi connectivity index (χ2v) is 4.92. The summed E-state index contributed by atoms with van der Waals surface area (Å²) in [4.78, 5) is 12.7. The molecule has 0 aliphatic heterocycles. The summed E-state index contributed by atoms with van der Waals surface area (Å²) in [6.45, 7) is 11.6. The molecule has 2 aromatic carbocycles. The first-order valence-electron chi connectivity index (χ1n) is 6.57. The summed E-state index contributed by atoms with van der Waals surface area (Å²) in [5.74, 6) is 0.00907. The Morgan fingerprint density at radius 1 is 0.850 bits per heavy atom. The van der Waals surface area contributed by atoms with E-state index >= 15 is 0 Å². The zero-order valence-electron chi connectivity index (χ0n) is 11.9. The maximum Gasteiger partial charge on any atom is 0.194 e. The summed E-state index contributed by atoms with van der Waals surface area (Å²) in [7, 11) is 0. The van der Waals surface area contributed by atoms with E-state index in [1.54, 1.807) is 12.2 Å². The molecule has 0 bridgehead atoms. The van der Waals surface area contributed by atoms with Crippen LogP contribution in [0.4, 0.5) is 0 Å². The Bertz CT molecular complexity index is 633. The number of carbonyl (C=O) groups excluding carboxylic acids is 1. The van der Waals surface area contributed by atoms with E-state index in [-0.39, 0.29) is 5.78 Å². The van der Waals surface area contributed by atoms with Crippen molar-refractivity contribution >= 4 is 17.9 Å². The third-order valence-electron chi connectivity index (χ3n) is 3.34. The van der Waals surface area contributed by atoms with Crippen LogP contribution >= 0.6 is 0 Å². The van der Waals surface area contributed by atoms with Gasteiger partial charge < -0.3 is 0 Å². The second kappa shape index (κ2) is 5.70. The molecule has 0 heterocycles. The lowest BCUT2D eigenvalue weighted by Gasteiger charge is -2.10. The molecular weight excluding hydrogens is 244 g/mol. The Labute approximate surface area is 120 Å². The topological polar surface area (TPSA) is 17.1 Å². The Hall–Kier alpha value is -2.41. The molecule has 0 atom stereocenters. The Morgan fingerprint density at radius 2 is 1.25 bits per heavy atom. The molecule has 0 fully saturated rings. The van der Waals surface area contributed by atoms with Crippen LogP contribution in [0.1, 0.15) is 38.2 Å². The average Bonchev–Trinajstić information content (AvgIpc) is 2.46. The standard InChI is InChI=1S/C19H18O/c1-5-15-11-13(3)7-9-17(15)19(20)18-10-8-14(4)12-16(18)6-2/h5-12H,1-2H2,3-4H3. The van der Waals surface area contributed by atoms with Gasteiger partial charge in [-0.15, -0.1) is 0 Å². The maximum absolute atomic E-state index is 12.7. The molecule has 2 rings (SSSR count). The summed E-state index contributed by atoms with van der Waals surface area (Å²) in [6.07, 6.45) is 3.45. The summed E-state index contributed by atoms with van der Waals surface area (Å²) in [6, 6.07) is 11.6. The molecule has 0 aromatic heterocycles. The van der Waals surface area contributed by atoms with Gasteiger partial charge >= 0.3 is 0 Å². The second-order valence-electron chi connectivity index (χ2n) is 4.92. The highest BCUT2D eigenvalue weighted by atomic mass is 16.1. The number of hydrogen-bond acceptors (Lipinski definition) is 1. The monoisotopic (exact) mass is 262 g/mol. The van der Waals surface area contributed by atoms with Gasteiger partial charge in [-0.1, -0.05) is 72.8 Å². The first kappa shape index (κ1) is 14.0. The summed E-state index contributed by atoms with van der Waals surface area (Å²) in [5.41, 5.74) is 5.32. The first-order chi connectivity index (χ1) is 9.56. The Balaban J connectivity index is 2.57. The highest BCUT2D eigenvalue weighted by Gasteiger charge is 2.15. The molecule has 1 nitrogen and oxygen atoms in total. The maximum atomic E-state index is 12.7. The van der Waals surface area contributed by atoms with Crippen LogP contribution in [-0.4, -0.2) is 5.78 Å². The van der Waals surface area contributed by atoms with Gasteiger partial charge in [0.25, 0.3) is 0 Å². The van der Waals surface area contributed by atoms with E-state index in [1.807, 2.05) is 50.2 Å². The highest BCUT2D eigenvalue weighted by molar-refractivity contribution is 6.12. The van der Waals surface area contributed by atoms with Gasteiger partial charge in [-0.2, -0.15) is 0 Å². The number of aryl methyl sites for hydroxylation is 2. The lowest BCUT2D eigenvalue weighted by molar-refractivity contribution is 0.103. The molecule has 0 N–H and O–H groups in total. The summed E-state index contributed by atoms with van der Waals surface area (Å²) >= 11 is 0. The predicted octanol–water partition coefficient (Wildman–Crippen LogP) is 4.82. The normalized spacial score (nSPS) is 10.1. The van der Waals surface area contributed by atoms with Crippen LogP contribution in [0.15, 0.2) is 49.6 Å². The molecule has 0 aliphatic rings. The molecular formula is C19H18O. The lowest BCUT2D eigenvalue weighted by Crippen LogP contribution is -2.06. The van der Waals surface area contributed by atoms with Crippen molar-refractivity contribution in [1.29, 1.82) is 0 Å². The lowest BCUT2D eigenvalue weighted by atomic mass is 9.93. The van der Waals surface area contributed by atoms with E-state index in [0.29, 0.717) is 11.1 Å². The molecule has 20 heavy (non-hydrogen) atoms. The number of benzene rings is 2. The number of carbonyl (C=O) groups is 1. The minimum atomic E-state index is 0.00907. The van der Waals surface area contributed by atoms with Crippen LogP contribution in [0.25, 0.3) is 12.2 Å². The fourth-order valence-electron chi connectivity index (χ4n) is 2.26. The van der Waals surface area contributed by atoms with Gasteiger partial charge in [0.15, 0.2) is 5.78 Å². The van der Waals surface area contributed by atoms with Gasteiger partial charge in [-0.05, 0) is 25.0 Å². The minimum Gasteiger partial charge on any atom is -0.289 e. The number of hydrogen-bond donors (Lipinski definition) is 0. The fourth-order valence-corrected chi connectivity index (χ4v) is 2.26. The van der Waals surface area contributed by atoms with Gasteiger partial charge in [0.1, 0.15) is 0 Å². The van der Waals surface area contributed by atoms with E-state index in [9.17, 15) is 4.79 Å². The van der Waals surface area contributed by atoms with Crippen molar-refractivity contribution in [2.45, 2.75) is 13.8 Å². The van der Waals surface area contributed by atoms with Crippen LogP contribution in [0, 0.1) is 13.8 Å². The third kappa shape index (κ3) is 2.62. The van der Waals surface area contributed by atoms with Crippen LogP contribution in [-0.2, 0) is 0 Å². The quantitative estimate of drug-likeness (QED) is 0.722. The minimum absolute atomic E-state index is 0.00907. The van der Waals surface area contributed by atoms with Crippen molar-refractivity contribution in [3.8, 4) is 0 Å². The summed E-state index contributed by atoms with van der Waals surface area (Å²) in [5, 5.41) is 0. The fraction of sp³-hybridized carbons (Fsp3) is 0.105. The molecule has 0 amide bonds. The summed E-state index contributed by atoms with van der Waals surface area (Å²) < 4.78 is 0. The smallest absolute Gasteiger partial charge is 0.194 e. The van der Waals surface area contributed by atoms with Crippen LogP contribution in [0.2, 0.25) is 0 Å². The Kier molecular flexibility index (Phi) is 3.99. The van der Waals surface area contributed by atoms with Crippen molar-refractivity contribution in [3.63, 3.8) is 0 Å². The average molecular weight is 262 g/mol. The Morgan fingerprint density at radius 3 is 1.60 bits per heavy atom. The number of ketones is 1. The predicted molar refractivity (Wildman–Crippen MR) is 86.0 cm³/mol. The van der Waals surface area contributed by atoms with Gasteiger partial charge in [0, 0.05) is 11.1 Å². The van der Waals surface area contributed by atoms with Gasteiger partial charge in [-0.25, -0.2) is 0 Å².